The van der Waals surface area contributed by atoms with Crippen LogP contribution in [0.1, 0.15) is 28.4 Å². The second-order valence-corrected chi connectivity index (χ2v) is 5.64. The van der Waals surface area contributed by atoms with Crippen LogP contribution in [0.3, 0.4) is 0 Å². The van der Waals surface area contributed by atoms with Crippen LogP contribution in [0.25, 0.3) is 0 Å². The Morgan fingerprint density at radius 3 is 2.80 bits per heavy atom. The number of aliphatic hydroxyl groups is 1. The summed E-state index contributed by atoms with van der Waals surface area (Å²) in [4.78, 5) is 14.5. The fourth-order valence-electron chi connectivity index (χ4n) is 2.40. The standard InChI is InChI=1S/C16H23NO3/c1-11-4-5-14(6-12(11)2)16(19)8-17-7-15(9-18)20-10-13(17)3/h4-6,13,15,18H,7-10H2,1-3H3. The number of carbonyl (C=O) groups excluding carboxylic acids is 1. The topological polar surface area (TPSA) is 49.8 Å². The van der Waals surface area contributed by atoms with Crippen LogP contribution in [0.2, 0.25) is 0 Å². The minimum absolute atomic E-state index is 0.00104. The fourth-order valence-corrected chi connectivity index (χ4v) is 2.40. The van der Waals surface area contributed by atoms with Crippen molar-refractivity contribution in [2.24, 2.45) is 0 Å². The first-order valence-corrected chi connectivity index (χ1v) is 7.08. The molecule has 1 aliphatic heterocycles. The molecule has 1 aromatic rings. The zero-order valence-corrected chi connectivity index (χ0v) is 12.4. The summed E-state index contributed by atoms with van der Waals surface area (Å²) in [5.41, 5.74) is 3.09. The summed E-state index contributed by atoms with van der Waals surface area (Å²) in [6.45, 7) is 7.65. The van der Waals surface area contributed by atoms with E-state index < -0.39 is 0 Å². The highest BCUT2D eigenvalue weighted by atomic mass is 16.5. The predicted octanol–water partition coefficient (Wildman–Crippen LogP) is 1.57. The van der Waals surface area contributed by atoms with E-state index >= 15 is 0 Å². The van der Waals surface area contributed by atoms with Gasteiger partial charge in [-0.15, -0.1) is 0 Å². The molecule has 4 heteroatoms. The first-order valence-electron chi connectivity index (χ1n) is 7.08. The van der Waals surface area contributed by atoms with Crippen molar-refractivity contribution in [2.45, 2.75) is 32.9 Å². The number of morpholine rings is 1. The van der Waals surface area contributed by atoms with Crippen LogP contribution in [0.4, 0.5) is 0 Å². The molecule has 2 atom stereocenters. The molecule has 20 heavy (non-hydrogen) atoms. The number of rotatable bonds is 4. The van der Waals surface area contributed by atoms with Crippen molar-refractivity contribution in [3.8, 4) is 0 Å². The van der Waals surface area contributed by atoms with Crippen molar-refractivity contribution >= 4 is 5.78 Å². The van der Waals surface area contributed by atoms with E-state index in [2.05, 4.69) is 4.90 Å². The SMILES string of the molecule is Cc1ccc(C(=O)CN2CC(CO)OCC2C)cc1C. The molecule has 1 heterocycles. The summed E-state index contributed by atoms with van der Waals surface area (Å²) < 4.78 is 5.49. The van der Waals surface area contributed by atoms with Crippen molar-refractivity contribution in [1.29, 1.82) is 0 Å². The van der Waals surface area contributed by atoms with Crippen LogP contribution < -0.4 is 0 Å². The molecular weight excluding hydrogens is 254 g/mol. The lowest BCUT2D eigenvalue weighted by Gasteiger charge is -2.36. The van der Waals surface area contributed by atoms with Crippen LogP contribution in [-0.2, 0) is 4.74 Å². The molecule has 1 saturated heterocycles. The number of Topliss-reactive ketones (excluding diaryl/α,β-unsaturated/α-hetero) is 1. The van der Waals surface area contributed by atoms with Crippen molar-refractivity contribution in [3.05, 3.63) is 34.9 Å². The highest BCUT2D eigenvalue weighted by Gasteiger charge is 2.27. The van der Waals surface area contributed by atoms with E-state index in [0.717, 1.165) is 11.1 Å². The highest BCUT2D eigenvalue weighted by molar-refractivity contribution is 5.97. The minimum Gasteiger partial charge on any atom is -0.394 e. The van der Waals surface area contributed by atoms with Crippen LogP contribution in [-0.4, -0.2) is 54.2 Å². The van der Waals surface area contributed by atoms with Gasteiger partial charge in [0, 0.05) is 18.2 Å². The van der Waals surface area contributed by atoms with E-state index in [9.17, 15) is 9.90 Å². The van der Waals surface area contributed by atoms with Crippen molar-refractivity contribution in [2.75, 3.05) is 26.3 Å². The average molecular weight is 277 g/mol. The van der Waals surface area contributed by atoms with Gasteiger partial charge < -0.3 is 9.84 Å². The van der Waals surface area contributed by atoms with Gasteiger partial charge in [-0.05, 0) is 38.0 Å². The quantitative estimate of drug-likeness (QED) is 0.849. The maximum absolute atomic E-state index is 12.4. The van der Waals surface area contributed by atoms with E-state index in [1.54, 1.807) is 0 Å². The lowest BCUT2D eigenvalue weighted by atomic mass is 10.0. The normalized spacial score (nSPS) is 23.8. The van der Waals surface area contributed by atoms with Crippen LogP contribution >= 0.6 is 0 Å². The summed E-state index contributed by atoms with van der Waals surface area (Å²) in [6.07, 6.45) is -0.182. The van der Waals surface area contributed by atoms with Gasteiger partial charge in [0.25, 0.3) is 0 Å². The first-order chi connectivity index (χ1) is 9.51. The van der Waals surface area contributed by atoms with Crippen LogP contribution in [0.15, 0.2) is 18.2 Å². The molecule has 1 aliphatic rings. The largest absolute Gasteiger partial charge is 0.394 e. The monoisotopic (exact) mass is 277 g/mol. The smallest absolute Gasteiger partial charge is 0.176 e. The summed E-state index contributed by atoms with van der Waals surface area (Å²) in [5.74, 6) is 0.124. The Morgan fingerprint density at radius 1 is 1.40 bits per heavy atom. The average Bonchev–Trinajstić information content (AvgIpc) is 2.44. The Balaban J connectivity index is 2.04. The summed E-state index contributed by atoms with van der Waals surface area (Å²) in [5, 5.41) is 9.18. The molecule has 0 amide bonds. The van der Waals surface area contributed by atoms with Gasteiger partial charge in [-0.25, -0.2) is 0 Å². The number of carbonyl (C=O) groups is 1. The maximum Gasteiger partial charge on any atom is 0.176 e. The third-order valence-electron chi connectivity index (χ3n) is 4.01. The lowest BCUT2D eigenvalue weighted by Crippen LogP contribution is -2.51. The van der Waals surface area contributed by atoms with Gasteiger partial charge in [0.2, 0.25) is 0 Å². The molecule has 2 unspecified atom stereocenters. The zero-order chi connectivity index (χ0) is 14.7. The molecule has 0 aliphatic carbocycles. The Bertz CT molecular complexity index is 487. The molecular formula is C16H23NO3. The maximum atomic E-state index is 12.4. The fraction of sp³-hybridized carbons (Fsp3) is 0.562. The van der Waals surface area contributed by atoms with Crippen molar-refractivity contribution < 1.29 is 14.6 Å². The van der Waals surface area contributed by atoms with Gasteiger partial charge in [0.1, 0.15) is 0 Å². The second kappa shape index (κ2) is 6.48. The van der Waals surface area contributed by atoms with Gasteiger partial charge in [-0.2, -0.15) is 0 Å². The van der Waals surface area contributed by atoms with Crippen LogP contribution in [0, 0.1) is 13.8 Å². The molecule has 0 saturated carbocycles. The number of nitrogens with zero attached hydrogens (tertiary/aromatic N) is 1. The zero-order valence-electron chi connectivity index (χ0n) is 12.4. The molecule has 0 radical (unpaired) electrons. The van der Waals surface area contributed by atoms with Gasteiger partial charge in [-0.3, -0.25) is 9.69 Å². The molecule has 1 N–H and O–H groups in total. The Kier molecular flexibility index (Phi) is 4.91. The number of ketones is 1. The van der Waals surface area contributed by atoms with Gasteiger partial charge in [-0.1, -0.05) is 12.1 Å². The van der Waals surface area contributed by atoms with Crippen molar-refractivity contribution in [3.63, 3.8) is 0 Å². The molecule has 0 spiro atoms. The van der Waals surface area contributed by atoms with Gasteiger partial charge >= 0.3 is 0 Å². The molecule has 2 rings (SSSR count). The third-order valence-corrected chi connectivity index (χ3v) is 4.01. The number of aliphatic hydroxyl groups excluding tert-OH is 1. The highest BCUT2D eigenvalue weighted by Crippen LogP contribution is 2.15. The lowest BCUT2D eigenvalue weighted by molar-refractivity contribution is -0.0747. The molecule has 0 aromatic heterocycles. The number of benzene rings is 1. The Labute approximate surface area is 120 Å². The van der Waals surface area contributed by atoms with Crippen LogP contribution in [0.5, 0.6) is 0 Å². The number of hydrogen-bond acceptors (Lipinski definition) is 4. The van der Waals surface area contributed by atoms with E-state index in [4.69, 9.17) is 4.74 Å². The van der Waals surface area contributed by atoms with Gasteiger partial charge in [0.05, 0.1) is 25.9 Å². The summed E-state index contributed by atoms with van der Waals surface area (Å²) in [7, 11) is 0. The number of aryl methyl sites for hydroxylation is 2. The Hall–Kier alpha value is -1.23. The Morgan fingerprint density at radius 2 is 2.15 bits per heavy atom. The summed E-state index contributed by atoms with van der Waals surface area (Å²) in [6, 6.07) is 6.03. The van der Waals surface area contributed by atoms with E-state index in [-0.39, 0.29) is 24.5 Å². The van der Waals surface area contributed by atoms with Crippen molar-refractivity contribution in [1.82, 2.24) is 4.90 Å². The van der Waals surface area contributed by atoms with E-state index in [0.29, 0.717) is 19.7 Å². The van der Waals surface area contributed by atoms with Gasteiger partial charge in [0.15, 0.2) is 5.78 Å². The van der Waals surface area contributed by atoms with E-state index in [1.807, 2.05) is 39.0 Å². The molecule has 4 nitrogen and oxygen atoms in total. The van der Waals surface area contributed by atoms with E-state index in [1.165, 1.54) is 5.56 Å². The second-order valence-electron chi connectivity index (χ2n) is 5.64. The molecule has 0 bridgehead atoms. The number of hydrogen-bond donors (Lipinski definition) is 1. The predicted molar refractivity (Wildman–Crippen MR) is 78.1 cm³/mol. The molecule has 1 aromatic carbocycles. The number of ether oxygens (including phenoxy) is 1. The minimum atomic E-state index is -0.182. The summed E-state index contributed by atoms with van der Waals surface area (Å²) >= 11 is 0. The first kappa shape index (κ1) is 15.2. The molecule has 1 fully saturated rings. The molecule has 110 valence electrons. The third kappa shape index (κ3) is 3.45.